The first kappa shape index (κ1) is 25.0. The second-order valence-corrected chi connectivity index (χ2v) is 9.70. The van der Waals surface area contributed by atoms with Gasteiger partial charge in [-0.15, -0.1) is 0 Å². The largest absolute Gasteiger partial charge is 0.360 e. The van der Waals surface area contributed by atoms with Gasteiger partial charge in [-0.05, 0) is 55.4 Å². The lowest BCUT2D eigenvalue weighted by atomic mass is 9.97. The van der Waals surface area contributed by atoms with E-state index < -0.39 is 0 Å². The van der Waals surface area contributed by atoms with Crippen LogP contribution in [0.2, 0.25) is 0 Å². The van der Waals surface area contributed by atoms with Crippen LogP contribution < -0.4 is 10.6 Å². The molecule has 1 aliphatic carbocycles. The third-order valence-electron chi connectivity index (χ3n) is 6.94. The quantitative estimate of drug-likeness (QED) is 0.603. The molecule has 1 amide bonds. The van der Waals surface area contributed by atoms with E-state index in [0.717, 1.165) is 56.2 Å². The maximum Gasteiger partial charge on any atom is 0.238 e. The minimum atomic E-state index is 0.0873. The highest BCUT2D eigenvalue weighted by molar-refractivity contribution is 7.80. The van der Waals surface area contributed by atoms with Gasteiger partial charge in [0.15, 0.2) is 5.11 Å². The summed E-state index contributed by atoms with van der Waals surface area (Å²) in [6.45, 7) is 8.38. The lowest BCUT2D eigenvalue weighted by molar-refractivity contribution is -0.117. The molecule has 1 saturated carbocycles. The standard InChI is InChI=1S/C26H42N4OS/c1-3-21-12-10-13-22(4-2)25(21)28-24(31)20-29-16-11-17-30(19-18-29)26(32)27-23-14-8-6-5-7-9-15-23/h10,12-13,23H,3-9,11,14-20H2,1-2H3,(H,27,32)(H,28,31). The normalized spacial score (nSPS) is 19.0. The lowest BCUT2D eigenvalue weighted by Gasteiger charge is -2.29. The van der Waals surface area contributed by atoms with E-state index in [1.54, 1.807) is 0 Å². The Balaban J connectivity index is 1.49. The Kier molecular flexibility index (Phi) is 10.3. The molecule has 1 saturated heterocycles. The van der Waals surface area contributed by atoms with Gasteiger partial charge in [0.25, 0.3) is 0 Å². The highest BCUT2D eigenvalue weighted by Gasteiger charge is 2.21. The first-order valence-electron chi connectivity index (χ1n) is 12.8. The van der Waals surface area contributed by atoms with Crippen LogP contribution in [0.3, 0.4) is 0 Å². The molecule has 1 heterocycles. The Hall–Kier alpha value is -1.66. The maximum absolute atomic E-state index is 12.9. The van der Waals surface area contributed by atoms with Crippen LogP contribution in [0.4, 0.5) is 5.69 Å². The van der Waals surface area contributed by atoms with Gasteiger partial charge in [0.05, 0.1) is 6.54 Å². The van der Waals surface area contributed by atoms with Crippen LogP contribution in [0.25, 0.3) is 0 Å². The van der Waals surface area contributed by atoms with E-state index in [1.165, 1.54) is 56.1 Å². The predicted octanol–water partition coefficient (Wildman–Crippen LogP) is 4.75. The van der Waals surface area contributed by atoms with Crippen molar-refractivity contribution in [3.8, 4) is 0 Å². The van der Waals surface area contributed by atoms with Crippen molar-refractivity contribution in [3.05, 3.63) is 29.3 Å². The van der Waals surface area contributed by atoms with Crippen molar-refractivity contribution in [2.24, 2.45) is 0 Å². The van der Waals surface area contributed by atoms with E-state index >= 15 is 0 Å². The summed E-state index contributed by atoms with van der Waals surface area (Å²) < 4.78 is 0. The molecule has 2 aliphatic rings. The Morgan fingerprint density at radius 2 is 1.59 bits per heavy atom. The van der Waals surface area contributed by atoms with Crippen LogP contribution in [-0.4, -0.2) is 59.6 Å². The molecule has 2 fully saturated rings. The zero-order valence-electron chi connectivity index (χ0n) is 20.1. The molecule has 178 valence electrons. The molecule has 0 radical (unpaired) electrons. The molecule has 1 aliphatic heterocycles. The van der Waals surface area contributed by atoms with Crippen molar-refractivity contribution in [1.82, 2.24) is 15.1 Å². The number of nitrogens with one attached hydrogen (secondary N) is 2. The smallest absolute Gasteiger partial charge is 0.238 e. The number of carbonyl (C=O) groups excluding carboxylic acids is 1. The molecule has 0 aromatic heterocycles. The summed E-state index contributed by atoms with van der Waals surface area (Å²) in [4.78, 5) is 17.4. The number of nitrogens with zero attached hydrogens (tertiary/aromatic N) is 2. The molecule has 32 heavy (non-hydrogen) atoms. The maximum atomic E-state index is 12.9. The van der Waals surface area contributed by atoms with Crippen LogP contribution in [0.5, 0.6) is 0 Å². The number of hydrogen-bond acceptors (Lipinski definition) is 3. The zero-order chi connectivity index (χ0) is 22.8. The zero-order valence-corrected chi connectivity index (χ0v) is 20.9. The summed E-state index contributed by atoms with van der Waals surface area (Å²) in [5.41, 5.74) is 3.44. The fraction of sp³-hybridized carbons (Fsp3) is 0.692. The fourth-order valence-corrected chi connectivity index (χ4v) is 5.33. The second-order valence-electron chi connectivity index (χ2n) is 9.31. The summed E-state index contributed by atoms with van der Waals surface area (Å²) in [6.07, 6.45) is 12.1. The summed E-state index contributed by atoms with van der Waals surface area (Å²) in [5, 5.41) is 7.78. The SMILES string of the molecule is CCc1cccc(CC)c1NC(=O)CN1CCCN(C(=S)NC2CCCCCCC2)CC1. The van der Waals surface area contributed by atoms with Crippen molar-refractivity contribution in [2.45, 2.75) is 84.1 Å². The Labute approximate surface area is 200 Å². The van der Waals surface area contributed by atoms with Crippen LogP contribution in [-0.2, 0) is 17.6 Å². The lowest BCUT2D eigenvalue weighted by Crippen LogP contribution is -2.46. The Morgan fingerprint density at radius 3 is 2.25 bits per heavy atom. The molecule has 0 spiro atoms. The molecule has 0 atom stereocenters. The summed E-state index contributed by atoms with van der Waals surface area (Å²) in [7, 11) is 0. The van der Waals surface area contributed by atoms with Crippen LogP contribution >= 0.6 is 12.2 Å². The second kappa shape index (κ2) is 13.1. The first-order valence-corrected chi connectivity index (χ1v) is 13.2. The van der Waals surface area contributed by atoms with Crippen molar-refractivity contribution < 1.29 is 4.79 Å². The highest BCUT2D eigenvalue weighted by Crippen LogP contribution is 2.22. The number of amides is 1. The molecule has 0 bridgehead atoms. The average molecular weight is 459 g/mol. The van der Waals surface area contributed by atoms with Gasteiger partial charge in [-0.3, -0.25) is 9.69 Å². The highest BCUT2D eigenvalue weighted by atomic mass is 32.1. The molecule has 5 nitrogen and oxygen atoms in total. The Bertz CT molecular complexity index is 723. The number of aryl methyl sites for hydroxylation is 2. The molecule has 3 rings (SSSR count). The van der Waals surface area contributed by atoms with E-state index in [0.29, 0.717) is 12.6 Å². The van der Waals surface area contributed by atoms with Gasteiger partial charge in [0, 0.05) is 37.9 Å². The van der Waals surface area contributed by atoms with Crippen LogP contribution in [0, 0.1) is 0 Å². The van der Waals surface area contributed by atoms with Gasteiger partial charge in [-0.2, -0.15) is 0 Å². The van der Waals surface area contributed by atoms with Gasteiger partial charge in [0.1, 0.15) is 0 Å². The van der Waals surface area contributed by atoms with Gasteiger partial charge in [0.2, 0.25) is 5.91 Å². The molecular formula is C26H42N4OS. The van der Waals surface area contributed by atoms with E-state index in [9.17, 15) is 4.79 Å². The molecular weight excluding hydrogens is 416 g/mol. The molecule has 1 aromatic carbocycles. The van der Waals surface area contributed by atoms with Crippen LogP contribution in [0.1, 0.15) is 76.3 Å². The molecule has 2 N–H and O–H groups in total. The number of benzene rings is 1. The third-order valence-corrected chi connectivity index (χ3v) is 7.32. The van der Waals surface area contributed by atoms with E-state index in [4.69, 9.17) is 12.2 Å². The van der Waals surface area contributed by atoms with E-state index in [2.05, 4.69) is 52.5 Å². The van der Waals surface area contributed by atoms with Crippen molar-refractivity contribution >= 4 is 28.9 Å². The predicted molar refractivity (Wildman–Crippen MR) is 138 cm³/mol. The number of rotatable bonds is 6. The van der Waals surface area contributed by atoms with Crippen LogP contribution in [0.15, 0.2) is 18.2 Å². The van der Waals surface area contributed by atoms with Crippen molar-refractivity contribution in [1.29, 1.82) is 0 Å². The van der Waals surface area contributed by atoms with Gasteiger partial charge >= 0.3 is 0 Å². The van der Waals surface area contributed by atoms with Gasteiger partial charge in [-0.1, -0.05) is 64.2 Å². The van der Waals surface area contributed by atoms with E-state index in [-0.39, 0.29) is 5.91 Å². The average Bonchev–Trinajstić information content (AvgIpc) is 3.01. The summed E-state index contributed by atoms with van der Waals surface area (Å²) in [5.74, 6) is 0.0873. The van der Waals surface area contributed by atoms with E-state index in [1.807, 2.05) is 0 Å². The number of carbonyl (C=O) groups is 1. The number of thiocarbonyl (C=S) groups is 1. The minimum Gasteiger partial charge on any atom is -0.360 e. The monoisotopic (exact) mass is 458 g/mol. The molecule has 1 aromatic rings. The van der Waals surface area contributed by atoms with Gasteiger partial charge in [-0.25, -0.2) is 0 Å². The third kappa shape index (κ3) is 7.45. The first-order chi connectivity index (χ1) is 15.6. The topological polar surface area (TPSA) is 47.6 Å². The van der Waals surface area contributed by atoms with Gasteiger partial charge < -0.3 is 15.5 Å². The number of anilines is 1. The molecule has 0 unspecified atom stereocenters. The summed E-state index contributed by atoms with van der Waals surface area (Å²) in [6, 6.07) is 6.84. The molecule has 6 heteroatoms. The summed E-state index contributed by atoms with van der Waals surface area (Å²) >= 11 is 5.78. The van der Waals surface area contributed by atoms with Crippen molar-refractivity contribution in [3.63, 3.8) is 0 Å². The van der Waals surface area contributed by atoms with Crippen molar-refractivity contribution in [2.75, 3.05) is 38.0 Å². The Morgan fingerprint density at radius 1 is 0.938 bits per heavy atom. The number of para-hydroxylation sites is 1. The fourth-order valence-electron chi connectivity index (χ4n) is 4.98. The minimum absolute atomic E-state index is 0.0873. The number of hydrogen-bond donors (Lipinski definition) is 2.